The molecule has 0 bridgehead atoms. The fraction of sp³-hybridized carbons (Fsp3) is 0.825. The van der Waals surface area contributed by atoms with Crippen molar-refractivity contribution in [2.45, 2.75) is 174 Å². The highest BCUT2D eigenvalue weighted by Gasteiger charge is 2.25. The van der Waals surface area contributed by atoms with E-state index in [1.165, 1.54) is 57.8 Å². The Morgan fingerprint density at radius 2 is 1.17 bits per heavy atom. The van der Waals surface area contributed by atoms with Crippen LogP contribution in [0.5, 0.6) is 0 Å². The number of carboxylic acids is 1. The van der Waals surface area contributed by atoms with Crippen LogP contribution in [0.2, 0.25) is 0 Å². The number of esters is 2. The maximum atomic E-state index is 12.6. The maximum Gasteiger partial charge on any atom is 0.306 e. The smallest absolute Gasteiger partial charge is 0.306 e. The second-order valence-electron chi connectivity index (χ2n) is 14.1. The normalized spacial score (nSPS) is 13.3. The van der Waals surface area contributed by atoms with Crippen LogP contribution < -0.4 is 5.11 Å². The molecule has 0 rings (SSSR count). The highest BCUT2D eigenvalue weighted by molar-refractivity contribution is 5.70. The molecule has 48 heavy (non-hydrogen) atoms. The SMILES string of the molecule is CC/C=C/C/C=C/CCCCCCCC(=O)OC(COCCC(C(=O)[O-])[N+](C)(C)C)COC(=O)CCCCCCCCCCCCCC. The van der Waals surface area contributed by atoms with E-state index < -0.39 is 18.1 Å². The van der Waals surface area contributed by atoms with Crippen LogP contribution in [-0.2, 0) is 28.6 Å². The number of nitrogens with zero attached hydrogens (tertiary/aromatic N) is 1. The van der Waals surface area contributed by atoms with Crippen LogP contribution in [0.25, 0.3) is 0 Å². The van der Waals surface area contributed by atoms with Gasteiger partial charge in [0.2, 0.25) is 0 Å². The number of aliphatic carboxylic acids is 1. The molecule has 0 aliphatic rings. The molecule has 0 aliphatic heterocycles. The minimum Gasteiger partial charge on any atom is -0.544 e. The zero-order valence-corrected chi connectivity index (χ0v) is 31.7. The van der Waals surface area contributed by atoms with Crippen molar-refractivity contribution >= 4 is 17.9 Å². The fourth-order valence-electron chi connectivity index (χ4n) is 5.58. The first-order valence-electron chi connectivity index (χ1n) is 19.4. The van der Waals surface area contributed by atoms with Crippen LogP contribution in [0.3, 0.4) is 0 Å². The number of hydrogen-bond acceptors (Lipinski definition) is 7. The van der Waals surface area contributed by atoms with Crippen LogP contribution >= 0.6 is 0 Å². The van der Waals surface area contributed by atoms with E-state index in [4.69, 9.17) is 14.2 Å². The number of quaternary nitrogens is 1. The van der Waals surface area contributed by atoms with Crippen molar-refractivity contribution in [2.75, 3.05) is 41.0 Å². The summed E-state index contributed by atoms with van der Waals surface area (Å²) < 4.78 is 17.1. The summed E-state index contributed by atoms with van der Waals surface area (Å²) in [5.74, 6) is -1.75. The van der Waals surface area contributed by atoms with Gasteiger partial charge in [-0.3, -0.25) is 9.59 Å². The first kappa shape index (κ1) is 45.8. The van der Waals surface area contributed by atoms with Crippen molar-refractivity contribution in [2.24, 2.45) is 0 Å². The van der Waals surface area contributed by atoms with E-state index in [0.717, 1.165) is 70.6 Å². The third-order valence-electron chi connectivity index (χ3n) is 8.60. The molecule has 8 nitrogen and oxygen atoms in total. The Morgan fingerprint density at radius 1 is 0.646 bits per heavy atom. The van der Waals surface area contributed by atoms with E-state index >= 15 is 0 Å². The standard InChI is InChI=1S/C40H73NO7/c1-6-8-10-12-14-16-18-20-22-24-26-28-30-38(42)47-35-36(34-46-33-32-37(40(44)45)41(3,4)5)48-39(43)31-29-27-25-23-21-19-17-15-13-11-9-7-2/h9,11,15,17,36-37H,6-8,10,12-14,16,18-35H2,1-5H3/b11-9+,17-15+. The predicted octanol–water partition coefficient (Wildman–Crippen LogP) is 8.41. The Hall–Kier alpha value is -2.19. The molecule has 0 radical (unpaired) electrons. The summed E-state index contributed by atoms with van der Waals surface area (Å²) in [6.45, 7) is 4.52. The molecule has 0 spiro atoms. The molecule has 0 amide bonds. The van der Waals surface area contributed by atoms with E-state index in [-0.39, 0.29) is 42.7 Å². The van der Waals surface area contributed by atoms with Crippen molar-refractivity contribution in [3.05, 3.63) is 24.3 Å². The molecular formula is C40H73NO7. The highest BCUT2D eigenvalue weighted by atomic mass is 16.6. The molecule has 0 aromatic rings. The monoisotopic (exact) mass is 680 g/mol. The third-order valence-corrected chi connectivity index (χ3v) is 8.60. The molecule has 2 unspecified atom stereocenters. The second kappa shape index (κ2) is 32.0. The fourth-order valence-corrected chi connectivity index (χ4v) is 5.58. The first-order chi connectivity index (χ1) is 23.1. The average molecular weight is 680 g/mol. The lowest BCUT2D eigenvalue weighted by molar-refractivity contribution is -0.889. The van der Waals surface area contributed by atoms with Crippen molar-refractivity contribution in [3.8, 4) is 0 Å². The van der Waals surface area contributed by atoms with E-state index in [0.29, 0.717) is 12.8 Å². The maximum absolute atomic E-state index is 12.6. The lowest BCUT2D eigenvalue weighted by Crippen LogP contribution is -2.55. The van der Waals surface area contributed by atoms with E-state index in [2.05, 4.69) is 38.2 Å². The van der Waals surface area contributed by atoms with Crippen molar-refractivity contribution in [1.82, 2.24) is 0 Å². The van der Waals surface area contributed by atoms with Gasteiger partial charge in [0, 0.05) is 19.3 Å². The topological polar surface area (TPSA) is 102 Å². The van der Waals surface area contributed by atoms with E-state index in [1.54, 1.807) is 21.1 Å². The van der Waals surface area contributed by atoms with Gasteiger partial charge in [0.15, 0.2) is 6.10 Å². The summed E-state index contributed by atoms with van der Waals surface area (Å²) in [7, 11) is 5.39. The van der Waals surface area contributed by atoms with Gasteiger partial charge in [-0.1, -0.05) is 128 Å². The molecule has 0 N–H and O–H groups in total. The number of carbonyl (C=O) groups is 3. The van der Waals surface area contributed by atoms with Crippen LogP contribution in [0, 0.1) is 0 Å². The van der Waals surface area contributed by atoms with Crippen molar-refractivity contribution < 1.29 is 38.2 Å². The largest absolute Gasteiger partial charge is 0.544 e. The van der Waals surface area contributed by atoms with Gasteiger partial charge in [-0.05, 0) is 38.5 Å². The van der Waals surface area contributed by atoms with Crippen LogP contribution in [0.15, 0.2) is 24.3 Å². The molecule has 8 heteroatoms. The van der Waals surface area contributed by atoms with Crippen LogP contribution in [-0.4, -0.2) is 75.5 Å². The lowest BCUT2D eigenvalue weighted by atomic mass is 10.0. The first-order valence-corrected chi connectivity index (χ1v) is 19.4. The van der Waals surface area contributed by atoms with E-state index in [9.17, 15) is 19.5 Å². The number of hydrogen-bond donors (Lipinski definition) is 0. The Bertz CT molecular complexity index is 849. The quantitative estimate of drug-likeness (QED) is 0.0291. The molecule has 0 saturated carbocycles. The Kier molecular flexibility index (Phi) is 30.6. The van der Waals surface area contributed by atoms with Crippen LogP contribution in [0.1, 0.15) is 162 Å². The molecule has 2 atom stereocenters. The molecule has 0 aromatic heterocycles. The zero-order valence-electron chi connectivity index (χ0n) is 31.7. The molecule has 0 heterocycles. The van der Waals surface area contributed by atoms with Gasteiger partial charge in [-0.2, -0.15) is 0 Å². The predicted molar refractivity (Wildman–Crippen MR) is 194 cm³/mol. The number of carboxylic acid groups (broad SMARTS) is 1. The number of unbranched alkanes of at least 4 members (excludes halogenated alkanes) is 16. The van der Waals surface area contributed by atoms with Gasteiger partial charge in [0.25, 0.3) is 0 Å². The van der Waals surface area contributed by atoms with E-state index in [1.807, 2.05) is 0 Å². The number of rotatable bonds is 34. The Labute approximate surface area is 294 Å². The Morgan fingerprint density at radius 3 is 1.71 bits per heavy atom. The van der Waals surface area contributed by atoms with Crippen molar-refractivity contribution in [3.63, 3.8) is 0 Å². The highest BCUT2D eigenvalue weighted by Crippen LogP contribution is 2.14. The van der Waals surface area contributed by atoms with Gasteiger partial charge in [-0.25, -0.2) is 0 Å². The number of allylic oxidation sites excluding steroid dienone is 4. The summed E-state index contributed by atoms with van der Waals surface area (Å²) in [6, 6.07) is -0.724. The molecule has 0 aromatic carbocycles. The summed E-state index contributed by atoms with van der Waals surface area (Å²) in [5, 5.41) is 11.6. The van der Waals surface area contributed by atoms with Crippen molar-refractivity contribution in [1.29, 1.82) is 0 Å². The second-order valence-corrected chi connectivity index (χ2v) is 14.1. The zero-order chi connectivity index (χ0) is 35.7. The molecule has 0 fully saturated rings. The average Bonchev–Trinajstić information content (AvgIpc) is 3.03. The van der Waals surface area contributed by atoms with Gasteiger partial charge >= 0.3 is 11.9 Å². The lowest BCUT2D eigenvalue weighted by Gasteiger charge is -2.34. The molecular weight excluding hydrogens is 606 g/mol. The number of likely N-dealkylation sites (N-methyl/N-ethyl adjacent to an activating group) is 1. The van der Waals surface area contributed by atoms with Gasteiger partial charge in [0.05, 0.1) is 40.3 Å². The minimum atomic E-state index is -1.13. The number of ether oxygens (including phenoxy) is 3. The number of carbonyl (C=O) groups excluding carboxylic acids is 3. The Balaban J connectivity index is 4.43. The molecule has 280 valence electrons. The van der Waals surface area contributed by atoms with Gasteiger partial charge in [-0.15, -0.1) is 0 Å². The summed E-state index contributed by atoms with van der Waals surface area (Å²) in [6.07, 6.45) is 32.0. The molecule has 0 aliphatic carbocycles. The van der Waals surface area contributed by atoms with Crippen LogP contribution in [0.4, 0.5) is 0 Å². The third kappa shape index (κ3) is 29.9. The summed E-state index contributed by atoms with van der Waals surface area (Å²) in [5.41, 5.74) is 0. The summed E-state index contributed by atoms with van der Waals surface area (Å²) in [4.78, 5) is 36.6. The minimum absolute atomic E-state index is 0.0380. The van der Waals surface area contributed by atoms with Gasteiger partial charge in [0.1, 0.15) is 12.6 Å². The molecule has 0 saturated heterocycles. The summed E-state index contributed by atoms with van der Waals surface area (Å²) >= 11 is 0. The van der Waals surface area contributed by atoms with Gasteiger partial charge < -0.3 is 28.6 Å².